The Morgan fingerprint density at radius 1 is 0.302 bits per heavy atom. The first kappa shape index (κ1) is 92.2. The van der Waals surface area contributed by atoms with Crippen molar-refractivity contribution < 1.29 is 80.2 Å². The van der Waals surface area contributed by atoms with Gasteiger partial charge in [0.1, 0.15) is 19.3 Å². The number of aliphatic hydroxyl groups excluding tert-OH is 1. The molecule has 0 aliphatic heterocycles. The number of hydrogen-bond donors (Lipinski definition) is 3. The molecular formula is C77H136O17P2. The van der Waals surface area contributed by atoms with Crippen molar-refractivity contribution in [3.05, 3.63) is 85.1 Å². The van der Waals surface area contributed by atoms with Crippen LogP contribution < -0.4 is 0 Å². The van der Waals surface area contributed by atoms with Gasteiger partial charge < -0.3 is 33.8 Å². The molecule has 5 unspecified atom stereocenters. The molecule has 5 atom stereocenters. The highest BCUT2D eigenvalue weighted by Gasteiger charge is 2.30. The van der Waals surface area contributed by atoms with Crippen LogP contribution in [0.4, 0.5) is 0 Å². The predicted octanol–water partition coefficient (Wildman–Crippen LogP) is 21.4. The number of esters is 4. The molecule has 0 saturated heterocycles. The third-order valence-corrected chi connectivity index (χ3v) is 17.7. The van der Waals surface area contributed by atoms with Crippen molar-refractivity contribution in [3.8, 4) is 0 Å². The summed E-state index contributed by atoms with van der Waals surface area (Å²) < 4.78 is 68.4. The van der Waals surface area contributed by atoms with Crippen LogP contribution in [0.2, 0.25) is 0 Å². The van der Waals surface area contributed by atoms with Crippen molar-refractivity contribution in [3.63, 3.8) is 0 Å². The SMILES string of the molecule is CC/C=C\C/C=C\C/C=C\C/C=C\CCCCCCCCC(=O)OCC(COP(=O)(O)OCC(O)COP(=O)(O)OCC(COC(=O)CCCCCCC/C=C\C/C=C\CCC)OC(=O)CCCCCCCCCCCCCCC)OC(=O)CCCCCCC/C=C\CCCC. The summed E-state index contributed by atoms with van der Waals surface area (Å²) in [5.74, 6) is -2.20. The van der Waals surface area contributed by atoms with E-state index >= 15 is 0 Å². The Kier molecular flexibility index (Phi) is 67.0. The highest BCUT2D eigenvalue weighted by atomic mass is 31.2. The average Bonchev–Trinajstić information content (AvgIpc) is 1.11. The molecule has 0 rings (SSSR count). The van der Waals surface area contributed by atoms with E-state index in [4.69, 9.17) is 37.0 Å². The normalized spacial score (nSPS) is 14.4. The molecule has 0 aliphatic carbocycles. The zero-order valence-corrected chi connectivity index (χ0v) is 62.3. The summed E-state index contributed by atoms with van der Waals surface area (Å²) in [5, 5.41) is 10.6. The van der Waals surface area contributed by atoms with Crippen LogP contribution in [0.15, 0.2) is 85.1 Å². The molecule has 19 heteroatoms. The third kappa shape index (κ3) is 68.8. The van der Waals surface area contributed by atoms with Gasteiger partial charge in [-0.05, 0) is 109 Å². The fourth-order valence-corrected chi connectivity index (χ4v) is 11.6. The predicted molar refractivity (Wildman–Crippen MR) is 390 cm³/mol. The summed E-state index contributed by atoms with van der Waals surface area (Å²) in [7, 11) is -9.94. The molecule has 0 fully saturated rings. The molecule has 0 bridgehead atoms. The lowest BCUT2D eigenvalue weighted by Crippen LogP contribution is -2.30. The number of ether oxygens (including phenoxy) is 4. The number of phosphoric ester groups is 2. The second-order valence-electron chi connectivity index (χ2n) is 25.2. The first-order valence-electron chi connectivity index (χ1n) is 37.8. The standard InChI is InChI=1S/C77H136O17P2/c1-5-9-13-17-21-25-29-32-33-34-35-36-37-40-43-46-50-54-58-62-75(80)88-67-72(93-76(81)63-59-55-51-47-41-28-24-20-16-12-8-4)69-91-95(83,84)89-65-71(78)66-90-96(85,86)92-70-73(94-77(82)64-60-56-52-48-44-39-31-27-23-19-15-11-7-3)68-87-74(79)61-57-53-49-45-42-38-30-26-22-18-14-10-6-2/h9,13-14,18,20-21,24-26,30,32-33,35-36,71-73,78H,5-8,10-12,15-17,19,22-23,27-29,31,34,37-70H2,1-4H3,(H,83,84)(H,85,86)/b13-9-,18-14-,24-20-,25-21-,30-26-,33-32-,36-35-. The lowest BCUT2D eigenvalue weighted by atomic mass is 10.0. The van der Waals surface area contributed by atoms with Crippen LogP contribution >= 0.6 is 15.6 Å². The average molecular weight is 1400 g/mol. The van der Waals surface area contributed by atoms with Gasteiger partial charge in [-0.2, -0.15) is 0 Å². The summed E-state index contributed by atoms with van der Waals surface area (Å²) in [6.07, 6.45) is 70.1. The number of rotatable bonds is 71. The number of carbonyl (C=O) groups excluding carboxylic acids is 4. The Morgan fingerprint density at radius 2 is 0.573 bits per heavy atom. The first-order valence-corrected chi connectivity index (χ1v) is 40.8. The van der Waals surface area contributed by atoms with Gasteiger partial charge in [-0.3, -0.25) is 37.3 Å². The molecule has 0 heterocycles. The summed E-state index contributed by atoms with van der Waals surface area (Å²) in [6, 6.07) is 0. The van der Waals surface area contributed by atoms with Gasteiger partial charge in [-0.15, -0.1) is 0 Å². The highest BCUT2D eigenvalue weighted by Crippen LogP contribution is 2.45. The van der Waals surface area contributed by atoms with Crippen molar-refractivity contribution in [2.45, 2.75) is 341 Å². The minimum absolute atomic E-state index is 0.0820. The lowest BCUT2D eigenvalue weighted by molar-refractivity contribution is -0.161. The second-order valence-corrected chi connectivity index (χ2v) is 28.1. The largest absolute Gasteiger partial charge is 0.472 e. The van der Waals surface area contributed by atoms with Gasteiger partial charge in [0.05, 0.1) is 26.4 Å². The molecule has 0 radical (unpaired) electrons. The molecule has 0 spiro atoms. The molecule has 0 aliphatic rings. The number of phosphoric acid groups is 2. The summed E-state index contributed by atoms with van der Waals surface area (Å²) in [4.78, 5) is 72.7. The Bertz CT molecular complexity index is 2160. The fourth-order valence-electron chi connectivity index (χ4n) is 10.1. The molecule has 0 saturated carbocycles. The van der Waals surface area contributed by atoms with E-state index in [1.165, 1.54) is 64.2 Å². The molecule has 556 valence electrons. The van der Waals surface area contributed by atoms with Crippen LogP contribution in [-0.4, -0.2) is 96.7 Å². The van der Waals surface area contributed by atoms with Crippen molar-refractivity contribution in [1.82, 2.24) is 0 Å². The Morgan fingerprint density at radius 3 is 0.917 bits per heavy atom. The van der Waals surface area contributed by atoms with Crippen LogP contribution in [-0.2, 0) is 65.4 Å². The minimum atomic E-state index is -4.97. The third-order valence-electron chi connectivity index (χ3n) is 15.8. The van der Waals surface area contributed by atoms with Crippen molar-refractivity contribution in [1.29, 1.82) is 0 Å². The Balaban J connectivity index is 5.29. The van der Waals surface area contributed by atoms with E-state index in [9.17, 15) is 43.2 Å². The summed E-state index contributed by atoms with van der Waals surface area (Å²) >= 11 is 0. The number of aliphatic hydroxyl groups is 1. The lowest BCUT2D eigenvalue weighted by Gasteiger charge is -2.21. The maximum atomic E-state index is 13.1. The number of unbranched alkanes of at least 4 members (excludes halogenated alkanes) is 31. The Hall–Kier alpha value is -3.76. The molecule has 0 aromatic carbocycles. The zero-order chi connectivity index (χ0) is 70.4. The summed E-state index contributed by atoms with van der Waals surface area (Å²) in [5.41, 5.74) is 0. The Labute approximate surface area is 583 Å². The molecular weight excluding hydrogens is 1260 g/mol. The van der Waals surface area contributed by atoms with Crippen molar-refractivity contribution in [2.24, 2.45) is 0 Å². The van der Waals surface area contributed by atoms with Crippen LogP contribution in [0.25, 0.3) is 0 Å². The molecule has 0 amide bonds. The zero-order valence-electron chi connectivity index (χ0n) is 60.5. The van der Waals surface area contributed by atoms with Gasteiger partial charge in [0.25, 0.3) is 0 Å². The summed E-state index contributed by atoms with van der Waals surface area (Å²) in [6.45, 7) is 4.64. The molecule has 0 aromatic rings. The van der Waals surface area contributed by atoms with E-state index in [1.807, 2.05) is 0 Å². The van der Waals surface area contributed by atoms with E-state index in [0.717, 1.165) is 180 Å². The minimum Gasteiger partial charge on any atom is -0.462 e. The van der Waals surface area contributed by atoms with E-state index in [2.05, 4.69) is 113 Å². The number of allylic oxidation sites excluding steroid dienone is 14. The number of hydrogen-bond acceptors (Lipinski definition) is 15. The molecule has 3 N–H and O–H groups in total. The van der Waals surface area contributed by atoms with Gasteiger partial charge >= 0.3 is 39.5 Å². The van der Waals surface area contributed by atoms with Crippen molar-refractivity contribution >= 4 is 39.5 Å². The topological polar surface area (TPSA) is 237 Å². The van der Waals surface area contributed by atoms with Crippen LogP contribution in [0.3, 0.4) is 0 Å². The van der Waals surface area contributed by atoms with Crippen LogP contribution in [0.5, 0.6) is 0 Å². The molecule has 96 heavy (non-hydrogen) atoms. The monoisotopic (exact) mass is 1390 g/mol. The van der Waals surface area contributed by atoms with Gasteiger partial charge in [0.2, 0.25) is 0 Å². The first-order chi connectivity index (χ1) is 46.7. The fraction of sp³-hybridized carbons (Fsp3) is 0.766. The number of carbonyl (C=O) groups is 4. The maximum Gasteiger partial charge on any atom is 0.472 e. The molecule has 0 aromatic heterocycles. The van der Waals surface area contributed by atoms with Gasteiger partial charge in [0.15, 0.2) is 12.2 Å². The van der Waals surface area contributed by atoms with E-state index < -0.39 is 97.5 Å². The van der Waals surface area contributed by atoms with Crippen molar-refractivity contribution in [2.75, 3.05) is 39.6 Å². The highest BCUT2D eigenvalue weighted by molar-refractivity contribution is 7.47. The molecule has 17 nitrogen and oxygen atoms in total. The van der Waals surface area contributed by atoms with Crippen LogP contribution in [0.1, 0.15) is 323 Å². The maximum absolute atomic E-state index is 13.1. The van der Waals surface area contributed by atoms with Gasteiger partial charge in [-0.25, -0.2) is 9.13 Å². The van der Waals surface area contributed by atoms with E-state index in [-0.39, 0.29) is 25.7 Å². The quantitative estimate of drug-likeness (QED) is 0.0169. The van der Waals surface area contributed by atoms with Crippen LogP contribution in [0, 0.1) is 0 Å². The second kappa shape index (κ2) is 69.7. The smallest absolute Gasteiger partial charge is 0.462 e. The van der Waals surface area contributed by atoms with Gasteiger partial charge in [-0.1, -0.05) is 273 Å². The van der Waals surface area contributed by atoms with E-state index in [1.54, 1.807) is 0 Å². The van der Waals surface area contributed by atoms with Gasteiger partial charge in [0, 0.05) is 25.7 Å². The van der Waals surface area contributed by atoms with E-state index in [0.29, 0.717) is 25.7 Å².